The zero-order valence-electron chi connectivity index (χ0n) is 27.8. The Morgan fingerprint density at radius 2 is 1.93 bits per heavy atom. The van der Waals surface area contributed by atoms with Crippen LogP contribution >= 0.6 is 0 Å². The number of nitrogens with one attached hydrogen (secondary N) is 2. The van der Waals surface area contributed by atoms with Gasteiger partial charge in [-0.2, -0.15) is 18.3 Å². The van der Waals surface area contributed by atoms with E-state index in [1.54, 1.807) is 0 Å². The van der Waals surface area contributed by atoms with Gasteiger partial charge in [0.25, 0.3) is 11.8 Å². The SMILES string of the molecule is [2H]C1([2H])NC(=O)N([C@H](COC2CC2)c2cnn3cc([C@@H](NC(=O)c4nocc4CC(F)(F)F)C4CCC(F)(F)CC4)nc3c2)C([2H])([2H])C1(F)F. The third kappa shape index (κ3) is 7.36. The molecule has 3 aromatic heterocycles. The lowest BCUT2D eigenvalue weighted by Crippen LogP contribution is -2.58. The summed E-state index contributed by atoms with van der Waals surface area (Å²) >= 11 is 0. The van der Waals surface area contributed by atoms with E-state index < -0.39 is 98.1 Å². The molecule has 0 spiro atoms. The molecule has 2 saturated carbocycles. The molecule has 3 aliphatic rings. The average molecular weight is 666 g/mol. The first-order valence-corrected chi connectivity index (χ1v) is 14.3. The van der Waals surface area contributed by atoms with Crippen LogP contribution in [0, 0.1) is 5.92 Å². The van der Waals surface area contributed by atoms with E-state index in [1.807, 2.05) is 0 Å². The van der Waals surface area contributed by atoms with Crippen LogP contribution in [0.5, 0.6) is 0 Å². The first-order valence-electron chi connectivity index (χ1n) is 16.3. The number of nitrogens with zero attached hydrogens (tertiary/aromatic N) is 5. The van der Waals surface area contributed by atoms with E-state index in [-0.39, 0.29) is 40.8 Å². The molecule has 3 aromatic rings. The number of aromatic nitrogens is 4. The number of alkyl halides is 7. The highest BCUT2D eigenvalue weighted by atomic mass is 19.4. The molecule has 0 unspecified atom stereocenters. The van der Waals surface area contributed by atoms with E-state index in [2.05, 4.69) is 25.1 Å². The molecule has 1 saturated heterocycles. The zero-order chi connectivity index (χ0) is 36.4. The maximum atomic E-state index is 15.1. The van der Waals surface area contributed by atoms with E-state index in [4.69, 9.17) is 10.2 Å². The summed E-state index contributed by atoms with van der Waals surface area (Å²) in [6, 6.07) is -2.92. The Morgan fingerprint density at radius 3 is 2.63 bits per heavy atom. The number of urea groups is 1. The summed E-state index contributed by atoms with van der Waals surface area (Å²) < 4.78 is 141. The van der Waals surface area contributed by atoms with E-state index in [1.165, 1.54) is 22.1 Å². The Morgan fingerprint density at radius 1 is 1.20 bits per heavy atom. The van der Waals surface area contributed by atoms with Crippen LogP contribution in [0.15, 0.2) is 29.2 Å². The lowest BCUT2D eigenvalue weighted by Gasteiger charge is -2.38. The van der Waals surface area contributed by atoms with Crippen LogP contribution in [0.4, 0.5) is 35.5 Å². The minimum atomic E-state index is -4.73. The number of carbonyl (C=O) groups excluding carboxylic acids is 2. The van der Waals surface area contributed by atoms with Crippen molar-refractivity contribution < 1.29 is 55.1 Å². The number of halogens is 7. The molecule has 3 fully saturated rings. The standard InChI is InChI=1S/C28H30F7N7O4/c29-26(30)5-3-15(4-6-26)22(39-24(43)23-17(11-46-40-23)8-28(33,34)35)19-10-42-21(38-19)7-16(9-37-42)20(12-45-18-1-2-18)41-14-27(31,32)13-36-25(41)44/h7,9-11,15,18,20,22H,1-6,8,12-14H2,(H,36,44)(H,39,43)/t20-,22+/m1/s1/i13D2,14D2. The minimum absolute atomic E-state index is 0.0198. The fourth-order valence-electron chi connectivity index (χ4n) is 5.49. The van der Waals surface area contributed by atoms with Crippen molar-refractivity contribution >= 4 is 17.6 Å². The first kappa shape index (κ1) is 27.2. The Hall–Kier alpha value is -3.96. The Labute approximate surface area is 262 Å². The molecule has 46 heavy (non-hydrogen) atoms. The molecule has 1 aliphatic heterocycles. The van der Waals surface area contributed by atoms with E-state index in [0.29, 0.717) is 19.1 Å². The summed E-state index contributed by atoms with van der Waals surface area (Å²) in [4.78, 5) is 30.9. The highest BCUT2D eigenvalue weighted by Gasteiger charge is 2.43. The van der Waals surface area contributed by atoms with Crippen LogP contribution in [0.2, 0.25) is 0 Å². The van der Waals surface area contributed by atoms with Crippen molar-refractivity contribution in [2.75, 3.05) is 19.6 Å². The molecule has 3 amide bonds. The van der Waals surface area contributed by atoms with Crippen molar-refractivity contribution in [3.05, 3.63) is 47.2 Å². The number of amides is 3. The van der Waals surface area contributed by atoms with Gasteiger partial charge >= 0.3 is 12.2 Å². The van der Waals surface area contributed by atoms with Crippen molar-refractivity contribution in [3.63, 3.8) is 0 Å². The van der Waals surface area contributed by atoms with Gasteiger partial charge in [-0.3, -0.25) is 4.79 Å². The predicted molar refractivity (Wildman–Crippen MR) is 143 cm³/mol. The second-order valence-electron chi connectivity index (χ2n) is 11.5. The molecular formula is C28H30F7N7O4. The second kappa shape index (κ2) is 12.0. The topological polar surface area (TPSA) is 127 Å². The smallest absolute Gasteiger partial charge is 0.376 e. The van der Waals surface area contributed by atoms with E-state index in [9.17, 15) is 31.5 Å². The first-order chi connectivity index (χ1) is 23.2. The molecule has 11 nitrogen and oxygen atoms in total. The highest BCUT2D eigenvalue weighted by Crippen LogP contribution is 2.41. The molecule has 0 bridgehead atoms. The quantitative estimate of drug-likeness (QED) is 0.292. The van der Waals surface area contributed by atoms with Gasteiger partial charge in [-0.05, 0) is 37.7 Å². The van der Waals surface area contributed by atoms with E-state index >= 15 is 8.78 Å². The molecule has 2 aliphatic carbocycles. The Balaban J connectivity index is 1.35. The van der Waals surface area contributed by atoms with Crippen LogP contribution in [0.3, 0.4) is 0 Å². The lowest BCUT2D eigenvalue weighted by atomic mass is 9.81. The maximum Gasteiger partial charge on any atom is 0.393 e. The van der Waals surface area contributed by atoms with E-state index in [0.717, 1.165) is 6.20 Å². The van der Waals surface area contributed by atoms with Gasteiger partial charge < -0.3 is 24.8 Å². The summed E-state index contributed by atoms with van der Waals surface area (Å²) in [6.45, 7) is -8.06. The van der Waals surface area contributed by atoms with Gasteiger partial charge in [-0.15, -0.1) is 0 Å². The number of ether oxygens (including phenoxy) is 1. The van der Waals surface area contributed by atoms with Crippen LogP contribution in [-0.2, 0) is 11.2 Å². The largest absolute Gasteiger partial charge is 0.393 e. The summed E-state index contributed by atoms with van der Waals surface area (Å²) in [5.74, 6) is -9.44. The van der Waals surface area contributed by atoms with Gasteiger partial charge in [-0.1, -0.05) is 5.16 Å². The fourth-order valence-corrected chi connectivity index (χ4v) is 5.49. The van der Waals surface area contributed by atoms with Crippen molar-refractivity contribution in [2.45, 2.75) is 81.2 Å². The average Bonchev–Trinajstić information content (AvgIpc) is 3.55. The Kier molecular flexibility index (Phi) is 7.09. The van der Waals surface area contributed by atoms with Crippen molar-refractivity contribution in [2.24, 2.45) is 5.92 Å². The molecule has 6 rings (SSSR count). The van der Waals surface area contributed by atoms with Crippen LogP contribution in [0.25, 0.3) is 5.65 Å². The highest BCUT2D eigenvalue weighted by molar-refractivity contribution is 5.93. The minimum Gasteiger partial charge on any atom is -0.376 e. The molecule has 250 valence electrons. The number of fused-ring (bicyclic) bond motifs is 1. The molecule has 2 atom stereocenters. The Bertz CT molecular complexity index is 1760. The molecule has 0 radical (unpaired) electrons. The lowest BCUT2D eigenvalue weighted by molar-refractivity contribution is -0.127. The molecule has 18 heteroatoms. The van der Waals surface area contributed by atoms with Crippen LogP contribution in [-0.4, -0.2) is 80.3 Å². The van der Waals surface area contributed by atoms with Crippen molar-refractivity contribution in [1.29, 1.82) is 0 Å². The number of carbonyl (C=O) groups is 2. The van der Waals surface area contributed by atoms with Gasteiger partial charge in [-0.25, -0.2) is 31.9 Å². The zero-order valence-corrected chi connectivity index (χ0v) is 23.8. The van der Waals surface area contributed by atoms with Gasteiger partial charge in [0.2, 0.25) is 5.92 Å². The van der Waals surface area contributed by atoms with Crippen molar-refractivity contribution in [1.82, 2.24) is 35.3 Å². The van der Waals surface area contributed by atoms with Crippen LogP contribution < -0.4 is 10.6 Å². The molecule has 0 aromatic carbocycles. The normalized spacial score (nSPS) is 25.1. The van der Waals surface area contributed by atoms with Gasteiger partial charge in [0.15, 0.2) is 11.3 Å². The number of hydrogen-bond acceptors (Lipinski definition) is 7. The van der Waals surface area contributed by atoms with Crippen LogP contribution in [0.1, 0.15) is 83.4 Å². The van der Waals surface area contributed by atoms with Gasteiger partial charge in [0.1, 0.15) is 6.26 Å². The number of hydrogen-bond donors (Lipinski definition) is 2. The van der Waals surface area contributed by atoms with Crippen molar-refractivity contribution in [3.8, 4) is 0 Å². The number of rotatable bonds is 10. The summed E-state index contributed by atoms with van der Waals surface area (Å²) in [5, 5.41) is 11.7. The van der Waals surface area contributed by atoms with Gasteiger partial charge in [0, 0.05) is 24.0 Å². The molecule has 4 heterocycles. The third-order valence-electron chi connectivity index (χ3n) is 7.96. The monoisotopic (exact) mass is 665 g/mol. The predicted octanol–water partition coefficient (Wildman–Crippen LogP) is 5.00. The molecular weight excluding hydrogens is 631 g/mol. The maximum absolute atomic E-state index is 15.1. The summed E-state index contributed by atoms with van der Waals surface area (Å²) in [6.07, 6.45) is -3.36. The third-order valence-corrected chi connectivity index (χ3v) is 7.96. The van der Waals surface area contributed by atoms with Gasteiger partial charge in [0.05, 0.1) is 67.8 Å². The molecule has 2 N–H and O–H groups in total. The summed E-state index contributed by atoms with van der Waals surface area (Å²) in [5.41, 5.74) is -1.22. The fraction of sp³-hybridized carbons (Fsp3) is 0.607. The number of imidazole rings is 1. The second-order valence-corrected chi connectivity index (χ2v) is 11.5. The summed E-state index contributed by atoms with van der Waals surface area (Å²) in [7, 11) is 0.